The second-order valence-corrected chi connectivity index (χ2v) is 11.3. The van der Waals surface area contributed by atoms with Crippen LogP contribution in [0.4, 0.5) is 0 Å². The Kier molecular flexibility index (Phi) is 8.44. The van der Waals surface area contributed by atoms with Gasteiger partial charge in [-0.1, -0.05) is 65.8 Å². The van der Waals surface area contributed by atoms with Crippen molar-refractivity contribution in [2.75, 3.05) is 26.4 Å². The average molecular weight is 580 g/mol. The molecule has 0 saturated heterocycles. The molecule has 1 aliphatic rings. The van der Waals surface area contributed by atoms with Crippen molar-refractivity contribution in [1.29, 1.82) is 0 Å². The van der Waals surface area contributed by atoms with Gasteiger partial charge in [-0.2, -0.15) is 0 Å². The highest BCUT2D eigenvalue weighted by Gasteiger charge is 2.19. The van der Waals surface area contributed by atoms with Crippen LogP contribution < -0.4 is 4.74 Å². The van der Waals surface area contributed by atoms with Crippen LogP contribution in [0.1, 0.15) is 33.8 Å². The topological polar surface area (TPSA) is 77.7 Å². The molecule has 0 N–H and O–H groups in total. The summed E-state index contributed by atoms with van der Waals surface area (Å²) in [6.07, 6.45) is 0.945. The van der Waals surface area contributed by atoms with Crippen molar-refractivity contribution >= 4 is 17.2 Å². The summed E-state index contributed by atoms with van der Waals surface area (Å²) in [5.41, 5.74) is 8.09. The van der Waals surface area contributed by atoms with E-state index in [0.717, 1.165) is 61.3 Å². The second-order valence-electron chi connectivity index (χ2n) is 10.5. The smallest absolute Gasteiger partial charge is 0.228 e. The van der Waals surface area contributed by atoms with Crippen molar-refractivity contribution in [3.8, 4) is 27.4 Å². The summed E-state index contributed by atoms with van der Waals surface area (Å²) in [4.78, 5) is 20.1. The third kappa shape index (κ3) is 6.45. The lowest BCUT2D eigenvalue weighted by Crippen LogP contribution is -2.35. The molecule has 2 bridgehead atoms. The van der Waals surface area contributed by atoms with Crippen LogP contribution >= 0.6 is 11.3 Å². The van der Waals surface area contributed by atoms with E-state index in [4.69, 9.17) is 19.0 Å². The van der Waals surface area contributed by atoms with E-state index < -0.39 is 0 Å². The molecule has 0 fully saturated rings. The van der Waals surface area contributed by atoms with Crippen LogP contribution in [0, 0.1) is 13.8 Å². The van der Waals surface area contributed by atoms with E-state index in [1.807, 2.05) is 60.5 Å². The first-order valence-corrected chi connectivity index (χ1v) is 15.0. The first kappa shape index (κ1) is 27.9. The van der Waals surface area contributed by atoms with Crippen LogP contribution in [0.3, 0.4) is 0 Å². The Morgan fingerprint density at radius 2 is 1.79 bits per heavy atom. The Hall–Kier alpha value is -4.27. The van der Waals surface area contributed by atoms with E-state index in [0.29, 0.717) is 39.3 Å². The van der Waals surface area contributed by atoms with Gasteiger partial charge in [0.05, 0.1) is 31.0 Å². The lowest BCUT2D eigenvalue weighted by Gasteiger charge is -2.23. The average Bonchev–Trinajstić information content (AvgIpc) is 3.60. The monoisotopic (exact) mass is 579 g/mol. The maximum absolute atomic E-state index is 13.5. The third-order valence-electron chi connectivity index (χ3n) is 7.39. The standard InChI is InChI=1S/C34H33N3O4S/c1-23-33(24(2)41-36-23)28-11-12-31-29(19-28)18-25-7-6-8-26(17-25)21-37(13-14-39-15-16-40-31)32(38)20-30-22-42-34(35-30)27-9-4-3-5-10-27/h3-12,17,19,22H,13-16,18,20-21H2,1-2H3. The van der Waals surface area contributed by atoms with E-state index in [1.54, 1.807) is 11.3 Å². The van der Waals surface area contributed by atoms with Crippen LogP contribution in [-0.4, -0.2) is 47.3 Å². The van der Waals surface area contributed by atoms with Crippen molar-refractivity contribution in [3.05, 3.63) is 112 Å². The number of carbonyl (C=O) groups excluding carboxylic acids is 1. The summed E-state index contributed by atoms with van der Waals surface area (Å²) in [5, 5.41) is 7.04. The molecule has 7 nitrogen and oxygen atoms in total. The normalized spacial score (nSPS) is 14.1. The largest absolute Gasteiger partial charge is 0.491 e. The molecule has 0 atom stereocenters. The molecule has 1 amide bonds. The number of hydrogen-bond donors (Lipinski definition) is 0. The zero-order valence-electron chi connectivity index (χ0n) is 23.8. The molecule has 0 spiro atoms. The van der Waals surface area contributed by atoms with Crippen LogP contribution in [0.2, 0.25) is 0 Å². The fourth-order valence-electron chi connectivity index (χ4n) is 5.33. The molecular weight excluding hydrogens is 546 g/mol. The minimum atomic E-state index is 0.0340. The summed E-state index contributed by atoms with van der Waals surface area (Å²) in [6.45, 7) is 6.18. The third-order valence-corrected chi connectivity index (χ3v) is 8.33. The van der Waals surface area contributed by atoms with Crippen molar-refractivity contribution in [2.24, 2.45) is 0 Å². The van der Waals surface area contributed by atoms with E-state index in [9.17, 15) is 4.79 Å². The van der Waals surface area contributed by atoms with Crippen LogP contribution in [0.25, 0.3) is 21.7 Å². The van der Waals surface area contributed by atoms with Crippen molar-refractivity contribution in [2.45, 2.75) is 33.2 Å². The number of fused-ring (bicyclic) bond motifs is 3. The molecule has 8 heteroatoms. The summed E-state index contributed by atoms with van der Waals surface area (Å²) < 4.78 is 17.5. The van der Waals surface area contributed by atoms with Crippen molar-refractivity contribution < 1.29 is 18.8 Å². The molecule has 214 valence electrons. The highest BCUT2D eigenvalue weighted by Crippen LogP contribution is 2.32. The highest BCUT2D eigenvalue weighted by atomic mass is 32.1. The van der Waals surface area contributed by atoms with E-state index in [2.05, 4.69) is 41.6 Å². The molecule has 3 heterocycles. The zero-order valence-corrected chi connectivity index (χ0v) is 24.7. The summed E-state index contributed by atoms with van der Waals surface area (Å²) in [7, 11) is 0. The number of thiazole rings is 1. The number of ether oxygens (including phenoxy) is 2. The summed E-state index contributed by atoms with van der Waals surface area (Å²) >= 11 is 1.57. The predicted molar refractivity (Wildman–Crippen MR) is 164 cm³/mol. The van der Waals surface area contributed by atoms with Gasteiger partial charge in [0.25, 0.3) is 0 Å². The van der Waals surface area contributed by atoms with Gasteiger partial charge >= 0.3 is 0 Å². The SMILES string of the molecule is Cc1noc(C)c1-c1ccc2c(c1)Cc1cccc(c1)CN(C(=O)Cc1csc(-c3ccccc3)n1)CCOCCO2. The summed E-state index contributed by atoms with van der Waals surface area (Å²) in [6, 6.07) is 24.7. The molecule has 0 unspecified atom stereocenters. The first-order valence-electron chi connectivity index (χ1n) is 14.2. The number of hydrogen-bond acceptors (Lipinski definition) is 7. The number of nitrogens with zero attached hydrogens (tertiary/aromatic N) is 3. The Morgan fingerprint density at radius 3 is 2.62 bits per heavy atom. The predicted octanol–water partition coefficient (Wildman–Crippen LogP) is 6.65. The van der Waals surface area contributed by atoms with E-state index in [1.165, 1.54) is 0 Å². The van der Waals surface area contributed by atoms with Crippen molar-refractivity contribution in [3.63, 3.8) is 0 Å². The molecule has 1 aliphatic heterocycles. The lowest BCUT2D eigenvalue weighted by atomic mass is 9.96. The zero-order chi connectivity index (χ0) is 28.9. The highest BCUT2D eigenvalue weighted by molar-refractivity contribution is 7.13. The maximum Gasteiger partial charge on any atom is 0.228 e. The van der Waals surface area contributed by atoms with Gasteiger partial charge in [0.15, 0.2) is 0 Å². The first-order chi connectivity index (χ1) is 20.5. The number of benzene rings is 3. The number of amides is 1. The quantitative estimate of drug-likeness (QED) is 0.237. The molecule has 0 aliphatic carbocycles. The second kappa shape index (κ2) is 12.7. The Labute approximate surface area is 249 Å². The number of aryl methyl sites for hydroxylation is 2. The van der Waals surface area contributed by atoms with E-state index >= 15 is 0 Å². The van der Waals surface area contributed by atoms with Crippen LogP contribution in [-0.2, 0) is 28.9 Å². The fraction of sp³-hybridized carbons (Fsp3) is 0.265. The molecule has 6 rings (SSSR count). The lowest BCUT2D eigenvalue weighted by molar-refractivity contribution is -0.132. The number of aromatic nitrogens is 2. The van der Waals surface area contributed by atoms with Gasteiger partial charge < -0.3 is 18.9 Å². The molecule has 3 aromatic carbocycles. The van der Waals surface area contributed by atoms with Crippen molar-refractivity contribution in [1.82, 2.24) is 15.0 Å². The van der Waals surface area contributed by atoms with E-state index in [-0.39, 0.29) is 12.3 Å². The van der Waals surface area contributed by atoms with Gasteiger partial charge in [-0.25, -0.2) is 4.98 Å². The molecular formula is C34H33N3O4S. The van der Waals surface area contributed by atoms with Crippen LogP contribution in [0.5, 0.6) is 5.75 Å². The number of carbonyl (C=O) groups is 1. The Balaban J connectivity index is 1.23. The van der Waals surface area contributed by atoms with Crippen LogP contribution in [0.15, 0.2) is 82.7 Å². The Bertz CT molecular complexity index is 1660. The Morgan fingerprint density at radius 1 is 0.929 bits per heavy atom. The fourth-order valence-corrected chi connectivity index (χ4v) is 6.16. The van der Waals surface area contributed by atoms with Gasteiger partial charge in [0.2, 0.25) is 5.91 Å². The minimum absolute atomic E-state index is 0.0340. The molecule has 5 aromatic rings. The summed E-state index contributed by atoms with van der Waals surface area (Å²) in [5.74, 6) is 1.67. The van der Waals surface area contributed by atoms with Gasteiger partial charge in [-0.05, 0) is 48.2 Å². The van der Waals surface area contributed by atoms with Gasteiger partial charge in [-0.3, -0.25) is 4.79 Å². The molecule has 0 radical (unpaired) electrons. The van der Waals surface area contributed by atoms with Gasteiger partial charge in [-0.15, -0.1) is 11.3 Å². The molecule has 2 aromatic heterocycles. The number of rotatable bonds is 4. The maximum atomic E-state index is 13.5. The minimum Gasteiger partial charge on any atom is -0.491 e. The molecule has 42 heavy (non-hydrogen) atoms. The molecule has 0 saturated carbocycles. The van der Waals surface area contributed by atoms with Gasteiger partial charge in [0, 0.05) is 36.0 Å². The van der Waals surface area contributed by atoms with Gasteiger partial charge in [0.1, 0.15) is 23.1 Å².